The van der Waals surface area contributed by atoms with E-state index in [1.54, 1.807) is 0 Å². The Balaban J connectivity index is 3.17. The molecule has 1 N–H and O–H groups in total. The van der Waals surface area contributed by atoms with Crippen molar-refractivity contribution in [3.05, 3.63) is 6.42 Å². The molecule has 0 aliphatic carbocycles. The molecule has 0 rings (SSSR count). The van der Waals surface area contributed by atoms with Crippen LogP contribution in [0.25, 0.3) is 0 Å². The maximum absolute atomic E-state index is 11.3. The zero-order valence-electron chi connectivity index (χ0n) is 5.03. The first-order valence-corrected chi connectivity index (χ1v) is 2.52. The normalized spacial score (nSPS) is 9.78. The van der Waals surface area contributed by atoms with Crippen molar-refractivity contribution in [1.82, 2.24) is 5.32 Å². The lowest BCUT2D eigenvalue weighted by atomic mass is 10.4. The first-order chi connectivity index (χ1) is 4.16. The summed E-state index contributed by atoms with van der Waals surface area (Å²) in [6.45, 7) is 0.921. The predicted octanol–water partition coefficient (Wildman–Crippen LogP) is 0.592. The average Bonchev–Trinajstić information content (AvgIpc) is 1.83. The summed E-state index contributed by atoms with van der Waals surface area (Å²) in [5.41, 5.74) is 0. The Hall–Kier alpha value is -0.670. The van der Waals surface area contributed by atoms with Crippen LogP contribution in [0, 0.1) is 6.42 Å². The van der Waals surface area contributed by atoms with Crippen molar-refractivity contribution < 1.29 is 13.6 Å². The highest BCUT2D eigenvalue weighted by molar-refractivity contribution is 5.83. The second-order valence-corrected chi connectivity index (χ2v) is 1.42. The van der Waals surface area contributed by atoms with E-state index in [-0.39, 0.29) is 0 Å². The molecule has 0 aromatic carbocycles. The van der Waals surface area contributed by atoms with Crippen LogP contribution in [0.15, 0.2) is 0 Å². The molecule has 0 atom stereocenters. The van der Waals surface area contributed by atoms with Crippen LogP contribution in [-0.2, 0) is 4.79 Å². The number of carbonyl (C=O) groups excluding carboxylic acids is 1. The molecule has 0 aromatic heterocycles. The maximum Gasteiger partial charge on any atom is 0.255 e. The molecule has 0 heterocycles. The molecule has 0 unspecified atom stereocenters. The summed E-state index contributed by atoms with van der Waals surface area (Å²) < 4.78 is 22.6. The van der Waals surface area contributed by atoms with Crippen molar-refractivity contribution in [2.75, 3.05) is 6.54 Å². The molecule has 0 fully saturated rings. The highest BCUT2D eigenvalue weighted by atomic mass is 19.3. The highest BCUT2D eigenvalue weighted by Crippen LogP contribution is 1.87. The van der Waals surface area contributed by atoms with Gasteiger partial charge in [-0.1, -0.05) is 6.92 Å². The molecule has 0 bridgehead atoms. The topological polar surface area (TPSA) is 29.1 Å². The van der Waals surface area contributed by atoms with Crippen LogP contribution in [0.2, 0.25) is 0 Å². The Morgan fingerprint density at radius 2 is 2.33 bits per heavy atom. The number of nitrogens with one attached hydrogen (secondary N) is 1. The Morgan fingerprint density at radius 3 is 2.67 bits per heavy atom. The summed E-state index contributed by atoms with van der Waals surface area (Å²) in [7, 11) is 0. The molecule has 53 valence electrons. The molecule has 4 heteroatoms. The third kappa shape index (κ3) is 5.20. The lowest BCUT2D eigenvalue weighted by molar-refractivity contribution is -0.118. The minimum Gasteiger partial charge on any atom is -0.350 e. The molecule has 0 aliphatic rings. The number of carbonyl (C=O) groups is 1. The van der Waals surface area contributed by atoms with Gasteiger partial charge in [0.25, 0.3) is 6.43 Å². The molecule has 0 aliphatic heterocycles. The molecule has 1 amide bonds. The monoisotopic (exact) mass is 136 g/mol. The van der Waals surface area contributed by atoms with Gasteiger partial charge in [0.2, 0.25) is 5.91 Å². The van der Waals surface area contributed by atoms with Gasteiger partial charge in [-0.25, -0.2) is 8.78 Å². The van der Waals surface area contributed by atoms with Gasteiger partial charge in [0.1, 0.15) is 0 Å². The predicted molar refractivity (Wildman–Crippen MR) is 29.0 cm³/mol. The smallest absolute Gasteiger partial charge is 0.255 e. The van der Waals surface area contributed by atoms with E-state index >= 15 is 0 Å². The maximum atomic E-state index is 11.3. The van der Waals surface area contributed by atoms with E-state index in [1.165, 1.54) is 13.3 Å². The molecule has 2 nitrogen and oxygen atoms in total. The van der Waals surface area contributed by atoms with Crippen LogP contribution in [0.1, 0.15) is 6.92 Å². The minimum atomic E-state index is -2.46. The molecule has 1 radical (unpaired) electrons. The Bertz CT molecular complexity index is 95.0. The summed E-state index contributed by atoms with van der Waals surface area (Å²) in [4.78, 5) is 10.2. The number of amides is 1. The summed E-state index contributed by atoms with van der Waals surface area (Å²) in [5, 5.41) is 1.99. The average molecular weight is 136 g/mol. The summed E-state index contributed by atoms with van der Waals surface area (Å²) in [5.74, 6) is -0.463. The van der Waals surface area contributed by atoms with Crippen LogP contribution >= 0.6 is 0 Å². The summed E-state index contributed by atoms with van der Waals surface area (Å²) >= 11 is 0. The number of hydrogen-bond acceptors (Lipinski definition) is 1. The zero-order chi connectivity index (χ0) is 7.28. The van der Waals surface area contributed by atoms with Gasteiger partial charge in [-0.05, 0) is 0 Å². The van der Waals surface area contributed by atoms with Crippen molar-refractivity contribution >= 4 is 5.91 Å². The van der Waals surface area contributed by atoms with Crippen molar-refractivity contribution in [2.45, 2.75) is 13.3 Å². The molecule has 9 heavy (non-hydrogen) atoms. The lowest BCUT2D eigenvalue weighted by Gasteiger charge is -1.99. The fraction of sp³-hybridized carbons (Fsp3) is 0.600. The van der Waals surface area contributed by atoms with Crippen LogP contribution in [0.3, 0.4) is 0 Å². The van der Waals surface area contributed by atoms with Crippen LogP contribution in [-0.4, -0.2) is 18.9 Å². The highest BCUT2D eigenvalue weighted by Gasteiger charge is 2.02. The van der Waals surface area contributed by atoms with E-state index in [4.69, 9.17) is 0 Å². The van der Waals surface area contributed by atoms with Gasteiger partial charge in [0.15, 0.2) is 0 Å². The minimum absolute atomic E-state index is 0.463. The molecular weight excluding hydrogens is 128 g/mol. The first-order valence-electron chi connectivity index (χ1n) is 2.52. The quantitative estimate of drug-likeness (QED) is 0.604. The summed E-state index contributed by atoms with van der Waals surface area (Å²) in [6.07, 6.45) is -1.27. The van der Waals surface area contributed by atoms with Gasteiger partial charge in [-0.3, -0.25) is 4.79 Å². The van der Waals surface area contributed by atoms with Gasteiger partial charge in [0, 0.05) is 6.42 Å². The van der Waals surface area contributed by atoms with E-state index in [9.17, 15) is 13.6 Å². The van der Waals surface area contributed by atoms with E-state index in [0.717, 1.165) is 0 Å². The van der Waals surface area contributed by atoms with Crippen molar-refractivity contribution in [1.29, 1.82) is 0 Å². The number of rotatable bonds is 3. The second-order valence-electron chi connectivity index (χ2n) is 1.42. The summed E-state index contributed by atoms with van der Waals surface area (Å²) in [6, 6.07) is 0. The van der Waals surface area contributed by atoms with Gasteiger partial charge in [-0.15, -0.1) is 0 Å². The van der Waals surface area contributed by atoms with Crippen molar-refractivity contribution in [3.8, 4) is 0 Å². The molecule has 0 saturated heterocycles. The Morgan fingerprint density at radius 1 is 1.78 bits per heavy atom. The second kappa shape index (κ2) is 4.23. The van der Waals surface area contributed by atoms with Gasteiger partial charge < -0.3 is 5.32 Å². The number of alkyl halides is 2. The fourth-order valence-electron chi connectivity index (χ4n) is 0.280. The van der Waals surface area contributed by atoms with Crippen molar-refractivity contribution in [2.24, 2.45) is 0 Å². The van der Waals surface area contributed by atoms with Gasteiger partial charge >= 0.3 is 0 Å². The third-order valence-corrected chi connectivity index (χ3v) is 0.693. The SMILES string of the molecule is C[CH]C(=O)NCC(F)F. The third-order valence-electron chi connectivity index (χ3n) is 0.693. The Labute approximate surface area is 52.2 Å². The zero-order valence-corrected chi connectivity index (χ0v) is 5.03. The van der Waals surface area contributed by atoms with Crippen molar-refractivity contribution in [3.63, 3.8) is 0 Å². The van der Waals surface area contributed by atoms with Crippen LogP contribution in [0.5, 0.6) is 0 Å². The first kappa shape index (κ1) is 8.33. The van der Waals surface area contributed by atoms with Gasteiger partial charge in [-0.2, -0.15) is 0 Å². The molecule has 0 saturated carbocycles. The van der Waals surface area contributed by atoms with E-state index in [2.05, 4.69) is 0 Å². The van der Waals surface area contributed by atoms with E-state index < -0.39 is 18.9 Å². The molecule has 0 aromatic rings. The number of halogens is 2. The van der Waals surface area contributed by atoms with E-state index in [0.29, 0.717) is 0 Å². The lowest BCUT2D eigenvalue weighted by Crippen LogP contribution is -2.27. The standard InChI is InChI=1S/C5H8F2NO/c1-2-5(9)8-3-4(6)7/h2,4H,3H2,1H3,(H,8,9). The van der Waals surface area contributed by atoms with Gasteiger partial charge in [0.05, 0.1) is 6.54 Å². The largest absolute Gasteiger partial charge is 0.350 e. The fourth-order valence-corrected chi connectivity index (χ4v) is 0.280. The number of hydrogen-bond donors (Lipinski definition) is 1. The van der Waals surface area contributed by atoms with Crippen LogP contribution in [0.4, 0.5) is 8.78 Å². The van der Waals surface area contributed by atoms with E-state index in [1.807, 2.05) is 5.32 Å². The Kier molecular flexibility index (Phi) is 3.92. The molecule has 0 spiro atoms. The molecular formula is C5H8F2NO. The van der Waals surface area contributed by atoms with Crippen LogP contribution < -0.4 is 5.32 Å².